The monoisotopic (exact) mass is 502 g/mol. The highest BCUT2D eigenvalue weighted by molar-refractivity contribution is 7.92. The zero-order valence-corrected chi connectivity index (χ0v) is 20.9. The van der Waals surface area contributed by atoms with Gasteiger partial charge in [-0.05, 0) is 56.7 Å². The van der Waals surface area contributed by atoms with Crippen LogP contribution in [0.1, 0.15) is 16.3 Å². The summed E-state index contributed by atoms with van der Waals surface area (Å²) in [6.07, 6.45) is 1.53. The average molecular weight is 503 g/mol. The number of fused-ring (bicyclic) bond motifs is 1. The first-order valence-electron chi connectivity index (χ1n) is 10.8. The lowest BCUT2D eigenvalue weighted by Gasteiger charge is -2.11. The number of thiophene rings is 1. The van der Waals surface area contributed by atoms with Crippen molar-refractivity contribution in [1.82, 2.24) is 19.9 Å². The van der Waals surface area contributed by atoms with Crippen LogP contribution in [0.15, 0.2) is 71.9 Å². The Bertz CT molecular complexity index is 1610. The van der Waals surface area contributed by atoms with Gasteiger partial charge in [0, 0.05) is 27.5 Å². The molecule has 8 nitrogen and oxygen atoms in total. The van der Waals surface area contributed by atoms with E-state index in [-0.39, 0.29) is 10.8 Å². The molecule has 0 saturated heterocycles. The van der Waals surface area contributed by atoms with Crippen LogP contribution in [0.2, 0.25) is 0 Å². The molecule has 0 unspecified atom stereocenters. The smallest absolute Gasteiger partial charge is 0.264 e. The van der Waals surface area contributed by atoms with Crippen LogP contribution in [-0.2, 0) is 10.0 Å². The lowest BCUT2D eigenvalue weighted by molar-refractivity contribution is 0.601. The van der Waals surface area contributed by atoms with E-state index in [9.17, 15) is 8.42 Å². The second kappa shape index (κ2) is 9.05. The highest BCUT2D eigenvalue weighted by atomic mass is 32.2. The molecule has 0 atom stereocenters. The molecule has 10 heteroatoms. The van der Waals surface area contributed by atoms with E-state index < -0.39 is 10.0 Å². The van der Waals surface area contributed by atoms with Crippen molar-refractivity contribution in [2.75, 3.05) is 10.0 Å². The minimum Gasteiger partial charge on any atom is -0.340 e. The number of aromatic nitrogens is 4. The maximum atomic E-state index is 12.8. The first-order chi connectivity index (χ1) is 16.8. The Labute approximate surface area is 207 Å². The molecule has 0 saturated carbocycles. The molecule has 3 aromatic heterocycles. The Balaban J connectivity index is 1.45. The molecule has 2 aromatic carbocycles. The van der Waals surface area contributed by atoms with Crippen molar-refractivity contribution in [2.45, 2.75) is 25.7 Å². The predicted octanol–water partition coefficient (Wildman–Crippen LogP) is 5.62. The molecule has 5 rings (SSSR count). The summed E-state index contributed by atoms with van der Waals surface area (Å²) in [5.41, 5.74) is 4.25. The third-order valence-corrected chi connectivity index (χ3v) is 7.72. The van der Waals surface area contributed by atoms with Gasteiger partial charge in [-0.2, -0.15) is 0 Å². The van der Waals surface area contributed by atoms with Gasteiger partial charge in [-0.25, -0.2) is 33.1 Å². The van der Waals surface area contributed by atoms with Crippen molar-refractivity contribution in [1.29, 1.82) is 0 Å². The van der Waals surface area contributed by atoms with E-state index in [4.69, 9.17) is 0 Å². The number of hydrogen-bond acceptors (Lipinski definition) is 8. The summed E-state index contributed by atoms with van der Waals surface area (Å²) in [7, 11) is -3.84. The first kappa shape index (κ1) is 22.9. The van der Waals surface area contributed by atoms with E-state index in [2.05, 4.69) is 49.0 Å². The van der Waals surface area contributed by atoms with Crippen LogP contribution < -0.4 is 10.0 Å². The molecule has 0 aliphatic rings. The molecule has 0 fully saturated rings. The van der Waals surface area contributed by atoms with E-state index in [0.717, 1.165) is 26.2 Å². The van der Waals surface area contributed by atoms with Crippen LogP contribution in [0.4, 0.5) is 17.5 Å². The number of hydrogen-bond donors (Lipinski definition) is 2. The van der Waals surface area contributed by atoms with Crippen LogP contribution in [0, 0.1) is 20.8 Å². The van der Waals surface area contributed by atoms with Gasteiger partial charge in [0.15, 0.2) is 0 Å². The maximum absolute atomic E-state index is 12.8. The van der Waals surface area contributed by atoms with Crippen molar-refractivity contribution in [3.8, 4) is 11.1 Å². The van der Waals surface area contributed by atoms with Crippen LogP contribution in [0.3, 0.4) is 0 Å². The fourth-order valence-electron chi connectivity index (χ4n) is 3.90. The second-order valence-electron chi connectivity index (χ2n) is 8.03. The normalized spacial score (nSPS) is 11.5. The molecule has 0 aliphatic carbocycles. The minimum atomic E-state index is -3.84. The van der Waals surface area contributed by atoms with E-state index in [1.54, 1.807) is 43.4 Å². The number of sulfonamides is 1. The van der Waals surface area contributed by atoms with E-state index in [1.807, 2.05) is 18.2 Å². The Morgan fingerprint density at radius 3 is 2.23 bits per heavy atom. The average Bonchev–Trinajstić information content (AvgIpc) is 3.16. The lowest BCUT2D eigenvalue weighted by Crippen LogP contribution is -2.15. The van der Waals surface area contributed by atoms with Crippen molar-refractivity contribution in [3.63, 3.8) is 0 Å². The van der Waals surface area contributed by atoms with E-state index in [1.165, 1.54) is 18.5 Å². The Kier molecular flexibility index (Phi) is 5.91. The fourth-order valence-corrected chi connectivity index (χ4v) is 5.85. The summed E-state index contributed by atoms with van der Waals surface area (Å²) in [6, 6.07) is 18.4. The highest BCUT2D eigenvalue weighted by Crippen LogP contribution is 2.40. The summed E-state index contributed by atoms with van der Waals surface area (Å²) in [5.74, 6) is 0.713. The SMILES string of the molecule is Cc1cc(C)nc(NS(=O)(=O)c2ccc(Nc3ncnc4sc(C)c(-c5ccccc5)c34)cc2)n1. The van der Waals surface area contributed by atoms with Crippen LogP contribution in [0.25, 0.3) is 21.3 Å². The molecule has 35 heavy (non-hydrogen) atoms. The molecular weight excluding hydrogens is 480 g/mol. The highest BCUT2D eigenvalue weighted by Gasteiger charge is 2.18. The summed E-state index contributed by atoms with van der Waals surface area (Å²) in [6.45, 7) is 5.65. The molecule has 0 radical (unpaired) electrons. The number of anilines is 3. The second-order valence-corrected chi connectivity index (χ2v) is 10.9. The van der Waals surface area contributed by atoms with Gasteiger partial charge < -0.3 is 5.32 Å². The zero-order chi connectivity index (χ0) is 24.6. The van der Waals surface area contributed by atoms with Crippen LogP contribution in [0.5, 0.6) is 0 Å². The molecule has 0 bridgehead atoms. The van der Waals surface area contributed by atoms with Crippen LogP contribution >= 0.6 is 11.3 Å². The fraction of sp³-hybridized carbons (Fsp3) is 0.120. The van der Waals surface area contributed by atoms with Gasteiger partial charge in [-0.1, -0.05) is 30.3 Å². The van der Waals surface area contributed by atoms with Crippen LogP contribution in [-0.4, -0.2) is 28.4 Å². The van der Waals surface area contributed by atoms with Gasteiger partial charge >= 0.3 is 0 Å². The summed E-state index contributed by atoms with van der Waals surface area (Å²) in [4.78, 5) is 19.4. The number of nitrogens with zero attached hydrogens (tertiary/aromatic N) is 4. The Morgan fingerprint density at radius 1 is 0.857 bits per heavy atom. The summed E-state index contributed by atoms with van der Waals surface area (Å²) >= 11 is 1.62. The van der Waals surface area contributed by atoms with Crippen molar-refractivity contribution >= 4 is 49.0 Å². The summed E-state index contributed by atoms with van der Waals surface area (Å²) in [5, 5.41) is 4.27. The van der Waals surface area contributed by atoms with Gasteiger partial charge in [0.2, 0.25) is 5.95 Å². The topological polar surface area (TPSA) is 110 Å². The van der Waals surface area contributed by atoms with Gasteiger partial charge in [-0.15, -0.1) is 11.3 Å². The third-order valence-electron chi connectivity index (χ3n) is 5.36. The quantitative estimate of drug-likeness (QED) is 0.310. The first-order valence-corrected chi connectivity index (χ1v) is 13.1. The molecule has 0 spiro atoms. The molecule has 2 N–H and O–H groups in total. The Hall–Kier alpha value is -3.89. The lowest BCUT2D eigenvalue weighted by atomic mass is 10.0. The van der Waals surface area contributed by atoms with Crippen molar-refractivity contribution in [3.05, 3.63) is 83.3 Å². The number of nitrogens with one attached hydrogen (secondary N) is 2. The molecule has 5 aromatic rings. The zero-order valence-electron chi connectivity index (χ0n) is 19.3. The maximum Gasteiger partial charge on any atom is 0.264 e. The minimum absolute atomic E-state index is 0.0503. The molecular formula is C25H22N6O2S2. The molecule has 3 heterocycles. The Morgan fingerprint density at radius 2 is 1.54 bits per heavy atom. The van der Waals surface area contributed by atoms with Crippen molar-refractivity contribution in [2.24, 2.45) is 0 Å². The largest absolute Gasteiger partial charge is 0.340 e. The number of benzene rings is 2. The standard InChI is InChI=1S/C25H22N6O2S2/c1-15-13-16(2)29-25(28-15)31-35(32,33)20-11-9-19(10-12-20)30-23-22-21(18-7-5-4-6-8-18)17(3)34-24(22)27-14-26-23/h4-14H,1-3H3,(H,26,27,30)(H,28,29,31). The van der Waals surface area contributed by atoms with E-state index >= 15 is 0 Å². The van der Waals surface area contributed by atoms with Gasteiger partial charge in [0.1, 0.15) is 17.0 Å². The molecule has 0 amide bonds. The van der Waals surface area contributed by atoms with E-state index in [0.29, 0.717) is 22.9 Å². The van der Waals surface area contributed by atoms with Gasteiger partial charge in [0.05, 0.1) is 10.3 Å². The third kappa shape index (κ3) is 4.71. The predicted molar refractivity (Wildman–Crippen MR) is 140 cm³/mol. The van der Waals surface area contributed by atoms with Gasteiger partial charge in [-0.3, -0.25) is 0 Å². The number of aryl methyl sites for hydroxylation is 3. The van der Waals surface area contributed by atoms with Crippen molar-refractivity contribution < 1.29 is 8.42 Å². The molecule has 0 aliphatic heterocycles. The summed E-state index contributed by atoms with van der Waals surface area (Å²) < 4.78 is 28.1. The van der Waals surface area contributed by atoms with Gasteiger partial charge in [0.25, 0.3) is 10.0 Å². The number of rotatable bonds is 6. The molecule has 176 valence electrons.